The summed E-state index contributed by atoms with van der Waals surface area (Å²) in [7, 11) is 0. The Hall–Kier alpha value is -1.66. The van der Waals surface area contributed by atoms with Crippen molar-refractivity contribution in [1.29, 1.82) is 0 Å². The highest BCUT2D eigenvalue weighted by atomic mass is 16.5. The van der Waals surface area contributed by atoms with Crippen molar-refractivity contribution in [2.45, 2.75) is 373 Å². The van der Waals surface area contributed by atoms with Crippen LogP contribution < -0.4 is 5.32 Å². The van der Waals surface area contributed by atoms with Crippen molar-refractivity contribution >= 4 is 11.9 Å². The zero-order valence-corrected chi connectivity index (χ0v) is 48.7. The second kappa shape index (κ2) is 61.9. The van der Waals surface area contributed by atoms with Crippen LogP contribution in [0.15, 0.2) is 24.3 Å². The summed E-state index contributed by atoms with van der Waals surface area (Å²) in [6.45, 7) is 4.91. The van der Waals surface area contributed by atoms with Crippen molar-refractivity contribution in [2.24, 2.45) is 0 Å². The molecule has 0 aliphatic rings. The van der Waals surface area contributed by atoms with E-state index in [9.17, 15) is 19.8 Å². The van der Waals surface area contributed by atoms with E-state index in [-0.39, 0.29) is 18.5 Å². The van der Waals surface area contributed by atoms with Gasteiger partial charge in [0.2, 0.25) is 5.91 Å². The van der Waals surface area contributed by atoms with Crippen LogP contribution in [-0.2, 0) is 14.3 Å². The molecule has 0 bridgehead atoms. The van der Waals surface area contributed by atoms with Crippen molar-refractivity contribution in [3.63, 3.8) is 0 Å². The van der Waals surface area contributed by atoms with Crippen LogP contribution in [0.5, 0.6) is 0 Å². The predicted molar refractivity (Wildman–Crippen MR) is 315 cm³/mol. The third kappa shape index (κ3) is 57.6. The number of ether oxygens (including phenoxy) is 1. The van der Waals surface area contributed by atoms with E-state index in [1.165, 1.54) is 276 Å². The third-order valence-corrected chi connectivity index (χ3v) is 15.2. The Morgan fingerprint density at radius 1 is 0.375 bits per heavy atom. The number of amides is 1. The molecule has 0 aromatic rings. The number of aliphatic hydroxyl groups excluding tert-OH is 2. The number of hydrogen-bond donors (Lipinski definition) is 3. The molecule has 0 aromatic carbocycles. The Balaban J connectivity index is 3.47. The molecule has 0 fully saturated rings. The van der Waals surface area contributed by atoms with Crippen molar-refractivity contribution in [2.75, 3.05) is 13.2 Å². The van der Waals surface area contributed by atoms with Crippen LogP contribution in [-0.4, -0.2) is 47.4 Å². The van der Waals surface area contributed by atoms with E-state index < -0.39 is 12.1 Å². The van der Waals surface area contributed by atoms with E-state index in [1.54, 1.807) is 6.08 Å². The minimum Gasteiger partial charge on any atom is -0.466 e. The number of rotatable bonds is 61. The van der Waals surface area contributed by atoms with Crippen LogP contribution >= 0.6 is 0 Å². The highest BCUT2D eigenvalue weighted by Crippen LogP contribution is 2.18. The topological polar surface area (TPSA) is 95.9 Å². The van der Waals surface area contributed by atoms with Crippen molar-refractivity contribution in [1.82, 2.24) is 5.32 Å². The molecule has 0 spiro atoms. The monoisotopic (exact) mass is 1010 g/mol. The Morgan fingerprint density at radius 3 is 0.986 bits per heavy atom. The van der Waals surface area contributed by atoms with Gasteiger partial charge >= 0.3 is 5.97 Å². The van der Waals surface area contributed by atoms with Gasteiger partial charge in [-0.2, -0.15) is 0 Å². The van der Waals surface area contributed by atoms with Gasteiger partial charge in [-0.1, -0.05) is 314 Å². The first-order valence-corrected chi connectivity index (χ1v) is 32.6. The third-order valence-electron chi connectivity index (χ3n) is 15.2. The van der Waals surface area contributed by atoms with Gasteiger partial charge in [0, 0.05) is 12.8 Å². The van der Waals surface area contributed by atoms with Crippen LogP contribution in [0.3, 0.4) is 0 Å². The molecule has 0 heterocycles. The second-order valence-electron chi connectivity index (χ2n) is 22.5. The molecule has 2 atom stereocenters. The van der Waals surface area contributed by atoms with E-state index in [4.69, 9.17) is 4.74 Å². The summed E-state index contributed by atoms with van der Waals surface area (Å²) < 4.78 is 5.47. The van der Waals surface area contributed by atoms with Gasteiger partial charge in [0.1, 0.15) is 0 Å². The number of hydrogen-bond acceptors (Lipinski definition) is 5. The lowest BCUT2D eigenvalue weighted by Crippen LogP contribution is -2.45. The van der Waals surface area contributed by atoms with Crippen LogP contribution in [0.1, 0.15) is 361 Å². The minimum absolute atomic E-state index is 0.000444. The smallest absolute Gasteiger partial charge is 0.305 e. The normalized spacial score (nSPS) is 12.7. The van der Waals surface area contributed by atoms with E-state index >= 15 is 0 Å². The predicted octanol–water partition coefficient (Wildman–Crippen LogP) is 20.6. The van der Waals surface area contributed by atoms with E-state index in [1.807, 2.05) is 6.08 Å². The molecule has 72 heavy (non-hydrogen) atoms. The zero-order valence-electron chi connectivity index (χ0n) is 48.7. The first kappa shape index (κ1) is 70.3. The fourth-order valence-corrected chi connectivity index (χ4v) is 10.2. The summed E-state index contributed by atoms with van der Waals surface area (Å²) in [6, 6.07) is -0.638. The molecular formula is C66H127NO5. The van der Waals surface area contributed by atoms with Crippen LogP contribution in [0.4, 0.5) is 0 Å². The van der Waals surface area contributed by atoms with E-state index in [2.05, 4.69) is 31.3 Å². The minimum atomic E-state index is -0.853. The van der Waals surface area contributed by atoms with Gasteiger partial charge in [-0.25, -0.2) is 0 Å². The maximum Gasteiger partial charge on any atom is 0.305 e. The quantitative estimate of drug-likeness (QED) is 0.0320. The second-order valence-corrected chi connectivity index (χ2v) is 22.5. The van der Waals surface area contributed by atoms with Crippen LogP contribution in [0.25, 0.3) is 0 Å². The highest BCUT2D eigenvalue weighted by molar-refractivity contribution is 5.76. The van der Waals surface area contributed by atoms with Crippen molar-refractivity contribution in [3.05, 3.63) is 24.3 Å². The molecule has 3 N–H and O–H groups in total. The molecule has 0 saturated heterocycles. The van der Waals surface area contributed by atoms with Crippen molar-refractivity contribution in [3.8, 4) is 0 Å². The number of carbonyl (C=O) groups excluding carboxylic acids is 2. The highest BCUT2D eigenvalue weighted by Gasteiger charge is 2.18. The number of carbonyl (C=O) groups is 2. The molecule has 1 amide bonds. The summed E-state index contributed by atoms with van der Waals surface area (Å²) in [6.07, 6.45) is 76.5. The summed E-state index contributed by atoms with van der Waals surface area (Å²) in [5.74, 6) is -0.0765. The lowest BCUT2D eigenvalue weighted by Gasteiger charge is -2.20. The molecule has 0 aromatic heterocycles. The number of esters is 1. The summed E-state index contributed by atoms with van der Waals surface area (Å²) in [5, 5.41) is 23.2. The fraction of sp³-hybridized carbons (Fsp3) is 0.909. The molecule has 0 aliphatic carbocycles. The van der Waals surface area contributed by atoms with Gasteiger partial charge in [0.05, 0.1) is 25.4 Å². The van der Waals surface area contributed by atoms with Gasteiger partial charge in [-0.15, -0.1) is 0 Å². The van der Waals surface area contributed by atoms with Crippen molar-refractivity contribution < 1.29 is 24.5 Å². The van der Waals surface area contributed by atoms with Crippen LogP contribution in [0, 0.1) is 0 Å². The Kier molecular flexibility index (Phi) is 60.5. The summed E-state index contributed by atoms with van der Waals surface area (Å²) >= 11 is 0. The van der Waals surface area contributed by atoms with Gasteiger partial charge in [-0.3, -0.25) is 9.59 Å². The number of unbranched alkanes of at least 4 members (excludes halogenated alkanes) is 48. The first-order valence-electron chi connectivity index (χ1n) is 32.6. The molecular weight excluding hydrogens is 887 g/mol. The first-order chi connectivity index (χ1) is 35.5. The summed E-state index contributed by atoms with van der Waals surface area (Å²) in [4.78, 5) is 24.5. The molecule has 6 heteroatoms. The van der Waals surface area contributed by atoms with Gasteiger partial charge in [0.15, 0.2) is 0 Å². The molecule has 6 nitrogen and oxygen atoms in total. The molecule has 426 valence electrons. The average molecular weight is 1010 g/mol. The molecule has 0 saturated carbocycles. The van der Waals surface area contributed by atoms with Crippen LogP contribution in [0.2, 0.25) is 0 Å². The van der Waals surface area contributed by atoms with E-state index in [0.29, 0.717) is 19.4 Å². The number of allylic oxidation sites excluding steroid dienone is 3. The van der Waals surface area contributed by atoms with Gasteiger partial charge < -0.3 is 20.3 Å². The van der Waals surface area contributed by atoms with Gasteiger partial charge in [-0.05, 0) is 57.8 Å². The molecule has 0 aliphatic heterocycles. The Morgan fingerprint density at radius 2 is 0.653 bits per heavy atom. The Bertz CT molecular complexity index is 1120. The average Bonchev–Trinajstić information content (AvgIpc) is 3.38. The number of aliphatic hydroxyl groups is 2. The molecule has 2 unspecified atom stereocenters. The standard InChI is InChI=1S/C66H127NO5/c1-3-5-7-9-11-13-15-17-18-19-20-21-22-23-24-25-26-28-31-35-38-42-46-50-54-58-64(69)63(62-68)67-65(70)59-55-51-47-43-39-36-32-29-27-30-33-37-41-45-49-53-57-61-72-66(71)60-56-52-48-44-40-34-16-14-12-10-8-6-4-2/h27,30,54,58,63-64,68-69H,3-26,28-29,31-53,55-57,59-62H2,1-2H3,(H,67,70)/b30-27-,58-54+. The largest absolute Gasteiger partial charge is 0.466 e. The summed E-state index contributed by atoms with van der Waals surface area (Å²) in [5.41, 5.74) is 0. The zero-order chi connectivity index (χ0) is 52.2. The van der Waals surface area contributed by atoms with E-state index in [0.717, 1.165) is 57.8 Å². The molecule has 0 rings (SSSR count). The fourth-order valence-electron chi connectivity index (χ4n) is 10.2. The SMILES string of the molecule is CCCCCCCCCCCCCCCCCCCCCCCCC/C=C/C(O)C(CO)NC(=O)CCCCCCCCC/C=C\CCCCCCCCOC(=O)CCCCCCCCCCCCCCC. The lowest BCUT2D eigenvalue weighted by molar-refractivity contribution is -0.143. The maximum absolute atomic E-state index is 12.5. The van der Waals surface area contributed by atoms with Gasteiger partial charge in [0.25, 0.3) is 0 Å². The Labute approximate surface area is 450 Å². The molecule has 0 radical (unpaired) electrons. The maximum atomic E-state index is 12.5. The lowest BCUT2D eigenvalue weighted by atomic mass is 10.0. The number of nitrogens with one attached hydrogen (secondary N) is 1.